The molecule has 0 radical (unpaired) electrons. The summed E-state index contributed by atoms with van der Waals surface area (Å²) in [6.07, 6.45) is 1.00. The van der Waals surface area contributed by atoms with Crippen LogP contribution in [-0.2, 0) is 16.1 Å². The zero-order chi connectivity index (χ0) is 14.7. The fourth-order valence-corrected chi connectivity index (χ4v) is 3.12. The van der Waals surface area contributed by atoms with Gasteiger partial charge in [-0.15, -0.1) is 0 Å². The second-order valence-corrected chi connectivity index (χ2v) is 5.83. The Morgan fingerprint density at radius 1 is 1.29 bits per heavy atom. The molecule has 3 rings (SSSR count). The van der Waals surface area contributed by atoms with Crippen LogP contribution in [0.4, 0.5) is 5.69 Å². The summed E-state index contributed by atoms with van der Waals surface area (Å²) in [6.45, 7) is 0.527. The largest absolute Gasteiger partial charge is 0.344 e. The summed E-state index contributed by atoms with van der Waals surface area (Å²) in [5, 5.41) is 6.79. The number of benzene rings is 1. The van der Waals surface area contributed by atoms with Crippen LogP contribution in [0.25, 0.3) is 0 Å². The molecule has 1 aromatic heterocycles. The monoisotopic (exact) mass is 300 g/mol. The maximum atomic E-state index is 12.7. The van der Waals surface area contributed by atoms with Gasteiger partial charge in [-0.25, -0.2) is 0 Å². The Morgan fingerprint density at radius 3 is 2.71 bits per heavy atom. The average Bonchev–Trinajstić information content (AvgIpc) is 3.16. The molecule has 0 aliphatic carbocycles. The topological polar surface area (TPSA) is 49.4 Å². The molecule has 1 fully saturated rings. The van der Waals surface area contributed by atoms with E-state index in [9.17, 15) is 9.59 Å². The molecule has 1 atom stereocenters. The molecule has 1 saturated heterocycles. The first-order valence-corrected chi connectivity index (χ1v) is 7.85. The molecule has 2 amide bonds. The van der Waals surface area contributed by atoms with Crippen LogP contribution in [-0.4, -0.2) is 17.9 Å². The third kappa shape index (κ3) is 3.13. The van der Waals surface area contributed by atoms with E-state index in [0.717, 1.165) is 11.3 Å². The Balaban J connectivity index is 1.85. The predicted molar refractivity (Wildman–Crippen MR) is 83.1 cm³/mol. The number of anilines is 1. The van der Waals surface area contributed by atoms with Crippen molar-refractivity contribution in [2.75, 3.05) is 4.90 Å². The van der Waals surface area contributed by atoms with E-state index in [4.69, 9.17) is 0 Å². The third-order valence-electron chi connectivity index (χ3n) is 3.55. The first kappa shape index (κ1) is 13.8. The Hall–Kier alpha value is -2.14. The van der Waals surface area contributed by atoms with E-state index in [1.54, 1.807) is 16.2 Å². The van der Waals surface area contributed by atoms with Gasteiger partial charge in [-0.3, -0.25) is 9.59 Å². The van der Waals surface area contributed by atoms with Crippen molar-refractivity contribution >= 4 is 28.8 Å². The van der Waals surface area contributed by atoms with Gasteiger partial charge < -0.3 is 10.2 Å². The number of rotatable bonds is 4. The number of amides is 2. The van der Waals surface area contributed by atoms with E-state index in [1.165, 1.54) is 0 Å². The molecule has 5 heteroatoms. The van der Waals surface area contributed by atoms with Crippen molar-refractivity contribution < 1.29 is 9.59 Å². The lowest BCUT2D eigenvalue weighted by molar-refractivity contribution is -0.124. The van der Waals surface area contributed by atoms with Crippen LogP contribution in [0.1, 0.15) is 18.4 Å². The van der Waals surface area contributed by atoms with Gasteiger partial charge in [0.05, 0.1) is 6.54 Å². The highest BCUT2D eigenvalue weighted by molar-refractivity contribution is 7.07. The van der Waals surface area contributed by atoms with Crippen LogP contribution in [0, 0.1) is 0 Å². The van der Waals surface area contributed by atoms with Crippen molar-refractivity contribution in [1.82, 2.24) is 5.32 Å². The molecule has 1 aromatic carbocycles. The minimum absolute atomic E-state index is 0.0433. The summed E-state index contributed by atoms with van der Waals surface area (Å²) >= 11 is 1.61. The molecule has 21 heavy (non-hydrogen) atoms. The van der Waals surface area contributed by atoms with Gasteiger partial charge >= 0.3 is 0 Å². The highest BCUT2D eigenvalue weighted by atomic mass is 32.1. The fourth-order valence-electron chi connectivity index (χ4n) is 2.46. The van der Waals surface area contributed by atoms with Gasteiger partial charge in [0.25, 0.3) is 0 Å². The molecule has 0 bridgehead atoms. The summed E-state index contributed by atoms with van der Waals surface area (Å²) in [5.41, 5.74) is 1.95. The van der Waals surface area contributed by atoms with Gasteiger partial charge in [-0.2, -0.15) is 11.3 Å². The van der Waals surface area contributed by atoms with Crippen LogP contribution in [0.3, 0.4) is 0 Å². The first-order chi connectivity index (χ1) is 10.2. The zero-order valence-corrected chi connectivity index (χ0v) is 12.3. The second-order valence-electron chi connectivity index (χ2n) is 5.05. The fraction of sp³-hybridized carbons (Fsp3) is 0.250. The number of para-hydroxylation sites is 1. The van der Waals surface area contributed by atoms with E-state index >= 15 is 0 Å². The average molecular weight is 300 g/mol. The lowest BCUT2D eigenvalue weighted by Gasteiger charge is -2.25. The smallest absolute Gasteiger partial charge is 0.249 e. The molecular weight excluding hydrogens is 284 g/mol. The molecule has 0 saturated carbocycles. The molecule has 4 nitrogen and oxygen atoms in total. The van der Waals surface area contributed by atoms with Crippen molar-refractivity contribution in [2.24, 2.45) is 0 Å². The number of nitrogens with zero attached hydrogens (tertiary/aromatic N) is 1. The molecule has 0 unspecified atom stereocenters. The maximum absolute atomic E-state index is 12.7. The number of hydrogen-bond acceptors (Lipinski definition) is 3. The van der Waals surface area contributed by atoms with Crippen LogP contribution in [0.5, 0.6) is 0 Å². The summed E-state index contributed by atoms with van der Waals surface area (Å²) in [6, 6.07) is 11.2. The van der Waals surface area contributed by atoms with Crippen molar-refractivity contribution in [3.8, 4) is 0 Å². The molecule has 2 aromatic rings. The summed E-state index contributed by atoms with van der Waals surface area (Å²) in [7, 11) is 0. The van der Waals surface area contributed by atoms with E-state index < -0.39 is 6.04 Å². The molecule has 0 spiro atoms. The minimum Gasteiger partial charge on any atom is -0.344 e. The van der Waals surface area contributed by atoms with Crippen molar-refractivity contribution in [2.45, 2.75) is 25.4 Å². The quantitative estimate of drug-likeness (QED) is 0.943. The van der Waals surface area contributed by atoms with Crippen LogP contribution < -0.4 is 10.2 Å². The molecule has 2 heterocycles. The van der Waals surface area contributed by atoms with Gasteiger partial charge in [0.1, 0.15) is 6.04 Å². The molecule has 1 aliphatic rings. The number of carbonyl (C=O) groups excluding carboxylic acids is 2. The van der Waals surface area contributed by atoms with E-state index in [0.29, 0.717) is 19.4 Å². The number of nitrogens with one attached hydrogen (secondary N) is 1. The molecule has 1 N–H and O–H groups in total. The van der Waals surface area contributed by atoms with Crippen molar-refractivity contribution in [3.05, 3.63) is 52.7 Å². The highest BCUT2D eigenvalue weighted by Crippen LogP contribution is 2.21. The van der Waals surface area contributed by atoms with E-state index in [-0.39, 0.29) is 11.8 Å². The summed E-state index contributed by atoms with van der Waals surface area (Å²) in [5.74, 6) is -0.0878. The Morgan fingerprint density at radius 2 is 2.10 bits per heavy atom. The lowest BCUT2D eigenvalue weighted by atomic mass is 10.1. The van der Waals surface area contributed by atoms with Crippen LogP contribution in [0.2, 0.25) is 0 Å². The van der Waals surface area contributed by atoms with Gasteiger partial charge in [0, 0.05) is 12.1 Å². The summed E-state index contributed by atoms with van der Waals surface area (Å²) in [4.78, 5) is 25.8. The minimum atomic E-state index is -0.406. The van der Waals surface area contributed by atoms with Gasteiger partial charge in [0.2, 0.25) is 11.8 Å². The number of thiophene rings is 1. The Kier molecular flexibility index (Phi) is 4.01. The highest BCUT2D eigenvalue weighted by Gasteiger charge is 2.31. The Labute approximate surface area is 127 Å². The predicted octanol–water partition coefficient (Wildman–Crippen LogP) is 2.56. The van der Waals surface area contributed by atoms with E-state index in [2.05, 4.69) is 5.32 Å². The SMILES string of the molecule is O=C1CC[C@H](C(=O)N(Cc2ccsc2)c2ccccc2)N1. The number of hydrogen-bond donors (Lipinski definition) is 1. The molecule has 108 valence electrons. The number of carbonyl (C=O) groups is 2. The van der Waals surface area contributed by atoms with E-state index in [1.807, 2.05) is 47.2 Å². The Bertz CT molecular complexity index is 625. The lowest BCUT2D eigenvalue weighted by Crippen LogP contribution is -2.44. The second kappa shape index (κ2) is 6.10. The van der Waals surface area contributed by atoms with Crippen molar-refractivity contribution in [1.29, 1.82) is 0 Å². The van der Waals surface area contributed by atoms with Gasteiger partial charge in [-0.1, -0.05) is 18.2 Å². The first-order valence-electron chi connectivity index (χ1n) is 6.91. The normalized spacial score (nSPS) is 17.5. The van der Waals surface area contributed by atoms with Crippen LogP contribution in [0.15, 0.2) is 47.2 Å². The van der Waals surface area contributed by atoms with Gasteiger partial charge in [-0.05, 0) is 40.9 Å². The molecular formula is C16H16N2O2S. The van der Waals surface area contributed by atoms with Gasteiger partial charge in [0.15, 0.2) is 0 Å². The maximum Gasteiger partial charge on any atom is 0.249 e. The standard InChI is InChI=1S/C16H16N2O2S/c19-15-7-6-14(17-15)16(20)18(10-12-8-9-21-11-12)13-4-2-1-3-5-13/h1-5,8-9,11,14H,6-7,10H2,(H,17,19)/t14-/m1/s1. The van der Waals surface area contributed by atoms with Crippen LogP contribution >= 0.6 is 11.3 Å². The summed E-state index contributed by atoms with van der Waals surface area (Å²) < 4.78 is 0. The van der Waals surface area contributed by atoms with Crippen molar-refractivity contribution in [3.63, 3.8) is 0 Å². The third-order valence-corrected chi connectivity index (χ3v) is 4.28. The zero-order valence-electron chi connectivity index (χ0n) is 11.5. The molecule has 1 aliphatic heterocycles.